The molecular formula is C26H32N6O7. The van der Waals surface area contributed by atoms with E-state index in [4.69, 9.17) is 4.74 Å². The van der Waals surface area contributed by atoms with Gasteiger partial charge in [0.15, 0.2) is 5.82 Å². The predicted molar refractivity (Wildman–Crippen MR) is 140 cm³/mol. The number of benzene rings is 1. The molecule has 0 saturated carbocycles. The third-order valence-electron chi connectivity index (χ3n) is 5.95. The minimum absolute atomic E-state index is 0.101. The highest BCUT2D eigenvalue weighted by Gasteiger charge is 2.31. The number of carboxylic acids is 1. The summed E-state index contributed by atoms with van der Waals surface area (Å²) in [5, 5.41) is 14.4. The summed E-state index contributed by atoms with van der Waals surface area (Å²) in [7, 11) is 0. The Labute approximate surface area is 225 Å². The fraction of sp³-hybridized carbons (Fsp3) is 0.423. The Morgan fingerprint density at radius 3 is 2.28 bits per heavy atom. The zero-order chi connectivity index (χ0) is 28.4. The number of carboxylic acid groups (broad SMARTS) is 1. The zero-order valence-electron chi connectivity index (χ0n) is 21.9. The molecule has 1 atom stereocenters. The third kappa shape index (κ3) is 8.22. The van der Waals surface area contributed by atoms with Gasteiger partial charge in [0.25, 0.3) is 5.91 Å². The zero-order valence-corrected chi connectivity index (χ0v) is 21.9. The lowest BCUT2D eigenvalue weighted by atomic mass is 10.1. The molecule has 0 radical (unpaired) electrons. The highest BCUT2D eigenvalue weighted by molar-refractivity contribution is 5.98. The smallest absolute Gasteiger partial charge is 0.409 e. The maximum absolute atomic E-state index is 13.3. The number of aromatic nitrogens is 2. The monoisotopic (exact) mass is 540 g/mol. The quantitative estimate of drug-likeness (QED) is 0.406. The van der Waals surface area contributed by atoms with Crippen LogP contribution in [0.25, 0.3) is 11.4 Å². The van der Waals surface area contributed by atoms with Gasteiger partial charge >= 0.3 is 12.1 Å². The molecule has 1 fully saturated rings. The van der Waals surface area contributed by atoms with Gasteiger partial charge in [0.1, 0.15) is 17.6 Å². The van der Waals surface area contributed by atoms with Crippen molar-refractivity contribution in [1.29, 1.82) is 0 Å². The van der Waals surface area contributed by atoms with Gasteiger partial charge in [-0.1, -0.05) is 37.3 Å². The average molecular weight is 541 g/mol. The van der Waals surface area contributed by atoms with Gasteiger partial charge in [0.05, 0.1) is 6.61 Å². The number of amides is 4. The Morgan fingerprint density at radius 1 is 1.00 bits per heavy atom. The standard InChI is InChI=1S/C26H32N6O7/c1-3-21(33)29-20-16-19(27-23(30-20)17-8-6-5-7-9-17)24(36)28-18(10-11-22(34)35)25(37)31-12-14-32(15-13-31)26(38)39-4-2/h5-9,16,18H,3-4,10-15H2,1-2H3,(H,28,36)(H,34,35)(H,27,29,30,33)/t18-/m0/s1. The van der Waals surface area contributed by atoms with Crippen LogP contribution in [0.5, 0.6) is 0 Å². The van der Waals surface area contributed by atoms with E-state index < -0.39 is 29.9 Å². The number of hydrogen-bond acceptors (Lipinski definition) is 8. The summed E-state index contributed by atoms with van der Waals surface area (Å²) in [6, 6.07) is 9.01. The van der Waals surface area contributed by atoms with Crippen molar-refractivity contribution < 1.29 is 33.8 Å². The van der Waals surface area contributed by atoms with Crippen LogP contribution in [0.3, 0.4) is 0 Å². The van der Waals surface area contributed by atoms with Crippen LogP contribution in [-0.2, 0) is 19.1 Å². The van der Waals surface area contributed by atoms with E-state index in [0.29, 0.717) is 5.56 Å². The molecule has 0 spiro atoms. The van der Waals surface area contributed by atoms with E-state index in [0.717, 1.165) is 0 Å². The molecule has 0 aliphatic carbocycles. The second-order valence-corrected chi connectivity index (χ2v) is 8.70. The number of hydrogen-bond donors (Lipinski definition) is 3. The lowest BCUT2D eigenvalue weighted by Gasteiger charge is -2.35. The summed E-state index contributed by atoms with van der Waals surface area (Å²) in [5.41, 5.74) is 0.507. The summed E-state index contributed by atoms with van der Waals surface area (Å²) in [4.78, 5) is 73.5. The van der Waals surface area contributed by atoms with Crippen molar-refractivity contribution in [2.24, 2.45) is 0 Å². The van der Waals surface area contributed by atoms with Crippen LogP contribution in [0.2, 0.25) is 0 Å². The molecule has 3 rings (SSSR count). The molecule has 3 N–H and O–H groups in total. The Balaban J connectivity index is 1.81. The van der Waals surface area contributed by atoms with Gasteiger partial charge < -0.3 is 30.3 Å². The van der Waals surface area contributed by atoms with E-state index in [1.54, 1.807) is 38.1 Å². The van der Waals surface area contributed by atoms with Crippen LogP contribution in [-0.4, -0.2) is 93.5 Å². The largest absolute Gasteiger partial charge is 0.481 e. The maximum atomic E-state index is 13.3. The topological polar surface area (TPSA) is 171 Å². The van der Waals surface area contributed by atoms with Crippen LogP contribution in [0.1, 0.15) is 43.6 Å². The molecule has 1 aromatic carbocycles. The van der Waals surface area contributed by atoms with Crippen molar-refractivity contribution in [3.8, 4) is 11.4 Å². The first-order valence-corrected chi connectivity index (χ1v) is 12.7. The van der Waals surface area contributed by atoms with Gasteiger partial charge in [-0.25, -0.2) is 14.8 Å². The molecule has 208 valence electrons. The fourth-order valence-corrected chi connectivity index (χ4v) is 3.88. The lowest BCUT2D eigenvalue weighted by Crippen LogP contribution is -2.56. The molecule has 1 aromatic heterocycles. The molecule has 4 amide bonds. The molecule has 0 unspecified atom stereocenters. The maximum Gasteiger partial charge on any atom is 0.409 e. The highest BCUT2D eigenvalue weighted by Crippen LogP contribution is 2.19. The summed E-state index contributed by atoms with van der Waals surface area (Å²) >= 11 is 0. The molecule has 13 heteroatoms. The van der Waals surface area contributed by atoms with Crippen LogP contribution in [0.15, 0.2) is 36.4 Å². The number of nitrogens with one attached hydrogen (secondary N) is 2. The first kappa shape index (κ1) is 29.0. The van der Waals surface area contributed by atoms with E-state index in [2.05, 4.69) is 20.6 Å². The first-order chi connectivity index (χ1) is 18.7. The number of nitrogens with zero attached hydrogens (tertiary/aromatic N) is 4. The Kier molecular flexibility index (Phi) is 10.3. The third-order valence-corrected chi connectivity index (χ3v) is 5.95. The van der Waals surface area contributed by atoms with Gasteiger partial charge in [-0.3, -0.25) is 19.2 Å². The second kappa shape index (κ2) is 13.8. The minimum Gasteiger partial charge on any atom is -0.481 e. The second-order valence-electron chi connectivity index (χ2n) is 8.70. The molecule has 0 bridgehead atoms. The van der Waals surface area contributed by atoms with Crippen LogP contribution in [0, 0.1) is 0 Å². The van der Waals surface area contributed by atoms with Gasteiger partial charge in [0.2, 0.25) is 11.8 Å². The number of piperazine rings is 1. The number of anilines is 1. The number of rotatable bonds is 10. The molecule has 2 heterocycles. The fourth-order valence-electron chi connectivity index (χ4n) is 3.88. The summed E-state index contributed by atoms with van der Waals surface area (Å²) in [5.74, 6) is -2.31. The molecule has 2 aromatic rings. The van der Waals surface area contributed by atoms with E-state index >= 15 is 0 Å². The molecule has 39 heavy (non-hydrogen) atoms. The van der Waals surface area contributed by atoms with Crippen molar-refractivity contribution in [2.45, 2.75) is 39.2 Å². The van der Waals surface area contributed by atoms with Gasteiger partial charge in [-0.05, 0) is 13.3 Å². The molecule has 1 saturated heterocycles. The summed E-state index contributed by atoms with van der Waals surface area (Å²) < 4.78 is 5.00. The average Bonchev–Trinajstić information content (AvgIpc) is 2.95. The van der Waals surface area contributed by atoms with Crippen LogP contribution >= 0.6 is 0 Å². The van der Waals surface area contributed by atoms with Crippen molar-refractivity contribution >= 4 is 35.6 Å². The Hall–Kier alpha value is -4.55. The Bertz CT molecular complexity index is 1200. The van der Waals surface area contributed by atoms with E-state index in [1.807, 2.05) is 6.07 Å². The number of carbonyl (C=O) groups excluding carboxylic acids is 4. The lowest BCUT2D eigenvalue weighted by molar-refractivity contribution is -0.138. The van der Waals surface area contributed by atoms with E-state index in [-0.39, 0.29) is 75.3 Å². The number of carbonyl (C=O) groups is 5. The van der Waals surface area contributed by atoms with Crippen molar-refractivity contribution in [3.05, 3.63) is 42.1 Å². The Morgan fingerprint density at radius 2 is 1.67 bits per heavy atom. The van der Waals surface area contributed by atoms with Gasteiger partial charge in [0, 0.05) is 50.7 Å². The normalized spacial score (nSPS) is 13.8. The van der Waals surface area contributed by atoms with Gasteiger partial charge in [-0.2, -0.15) is 0 Å². The van der Waals surface area contributed by atoms with E-state index in [1.165, 1.54) is 15.9 Å². The molecule has 13 nitrogen and oxygen atoms in total. The van der Waals surface area contributed by atoms with Gasteiger partial charge in [-0.15, -0.1) is 0 Å². The van der Waals surface area contributed by atoms with E-state index in [9.17, 15) is 29.1 Å². The SMILES string of the molecule is CCOC(=O)N1CCN(C(=O)[C@H](CCC(=O)O)NC(=O)c2cc(NC(=O)CC)nc(-c3ccccc3)n2)CC1. The molecular weight excluding hydrogens is 508 g/mol. The molecule has 1 aliphatic rings. The van der Waals surface area contributed by atoms with Crippen molar-refractivity contribution in [3.63, 3.8) is 0 Å². The summed E-state index contributed by atoms with van der Waals surface area (Å²) in [6.45, 7) is 4.52. The highest BCUT2D eigenvalue weighted by atomic mass is 16.6. The number of ether oxygens (including phenoxy) is 1. The summed E-state index contributed by atoms with van der Waals surface area (Å²) in [6.07, 6.45) is -0.768. The number of aliphatic carboxylic acids is 1. The van der Waals surface area contributed by atoms with Crippen molar-refractivity contribution in [1.82, 2.24) is 25.1 Å². The van der Waals surface area contributed by atoms with Crippen molar-refractivity contribution in [2.75, 3.05) is 38.1 Å². The van der Waals surface area contributed by atoms with Crippen LogP contribution < -0.4 is 10.6 Å². The van der Waals surface area contributed by atoms with Crippen LogP contribution in [0.4, 0.5) is 10.6 Å². The molecule has 1 aliphatic heterocycles. The predicted octanol–water partition coefficient (Wildman–Crippen LogP) is 1.76. The first-order valence-electron chi connectivity index (χ1n) is 12.7. The minimum atomic E-state index is -1.15.